The summed E-state index contributed by atoms with van der Waals surface area (Å²) in [5, 5.41) is 32.1. The first-order valence-electron chi connectivity index (χ1n) is 10.3. The number of aliphatic hydroxyl groups is 3. The van der Waals surface area contributed by atoms with E-state index >= 15 is 0 Å². The highest BCUT2D eigenvalue weighted by Crippen LogP contribution is 2.71. The molecule has 4 saturated carbocycles. The van der Waals surface area contributed by atoms with Gasteiger partial charge in [-0.2, -0.15) is 0 Å². The van der Waals surface area contributed by atoms with Crippen molar-refractivity contribution in [3.63, 3.8) is 0 Å². The first-order valence-corrected chi connectivity index (χ1v) is 10.3. The molecule has 27 heavy (non-hydrogen) atoms. The zero-order valence-electron chi connectivity index (χ0n) is 16.5. The number of hydrogen-bond donors (Lipinski definition) is 3. The van der Waals surface area contributed by atoms with Crippen LogP contribution < -0.4 is 0 Å². The van der Waals surface area contributed by atoms with Crippen molar-refractivity contribution < 1.29 is 29.6 Å². The minimum atomic E-state index is -0.892. The number of rotatable bonds is 2. The summed E-state index contributed by atoms with van der Waals surface area (Å²) in [6.45, 7) is 3.73. The summed E-state index contributed by atoms with van der Waals surface area (Å²) in [6.07, 6.45) is 2.00. The van der Waals surface area contributed by atoms with Gasteiger partial charge in [0.25, 0.3) is 0 Å². The van der Waals surface area contributed by atoms with Gasteiger partial charge < -0.3 is 20.1 Å². The van der Waals surface area contributed by atoms with Gasteiger partial charge in [0.1, 0.15) is 5.78 Å². The number of methoxy groups -OCH3 is 1. The van der Waals surface area contributed by atoms with Crippen LogP contribution in [0.1, 0.15) is 52.4 Å². The summed E-state index contributed by atoms with van der Waals surface area (Å²) in [4.78, 5) is 26.1. The van der Waals surface area contributed by atoms with Gasteiger partial charge >= 0.3 is 5.97 Å². The predicted molar refractivity (Wildman–Crippen MR) is 96.4 cm³/mol. The van der Waals surface area contributed by atoms with Crippen molar-refractivity contribution in [2.45, 2.75) is 64.6 Å². The Morgan fingerprint density at radius 3 is 2.48 bits per heavy atom. The molecule has 0 aromatic heterocycles. The maximum Gasteiger partial charge on any atom is 0.311 e. The molecule has 0 amide bonds. The third kappa shape index (κ3) is 2.12. The molecule has 0 unspecified atom stereocenters. The molecule has 0 heterocycles. The van der Waals surface area contributed by atoms with E-state index in [2.05, 4.69) is 0 Å². The molecule has 6 nitrogen and oxygen atoms in total. The van der Waals surface area contributed by atoms with E-state index < -0.39 is 34.4 Å². The lowest BCUT2D eigenvalue weighted by Gasteiger charge is -2.65. The summed E-state index contributed by atoms with van der Waals surface area (Å²) in [5.41, 5.74) is -2.30. The van der Waals surface area contributed by atoms with Crippen molar-refractivity contribution in [2.75, 3.05) is 13.7 Å². The number of ketones is 1. The quantitative estimate of drug-likeness (QED) is 0.624. The van der Waals surface area contributed by atoms with E-state index in [0.29, 0.717) is 25.7 Å². The summed E-state index contributed by atoms with van der Waals surface area (Å²) in [6, 6.07) is 0. The van der Waals surface area contributed by atoms with Gasteiger partial charge in [0.05, 0.1) is 36.8 Å². The van der Waals surface area contributed by atoms with Crippen LogP contribution >= 0.6 is 0 Å². The fraction of sp³-hybridized carbons (Fsp3) is 0.905. The highest BCUT2D eigenvalue weighted by Gasteiger charge is 2.73. The summed E-state index contributed by atoms with van der Waals surface area (Å²) < 4.78 is 5.11. The smallest absolute Gasteiger partial charge is 0.311 e. The average Bonchev–Trinajstić information content (AvgIpc) is 2.87. The number of fused-ring (bicyclic) bond motifs is 3. The summed E-state index contributed by atoms with van der Waals surface area (Å²) in [7, 11) is 1.38. The second-order valence-corrected chi connectivity index (χ2v) is 9.92. The lowest BCUT2D eigenvalue weighted by molar-refractivity contribution is -0.235. The first-order chi connectivity index (χ1) is 12.7. The van der Waals surface area contributed by atoms with E-state index in [1.54, 1.807) is 0 Å². The lowest BCUT2D eigenvalue weighted by atomic mass is 9.39. The van der Waals surface area contributed by atoms with E-state index in [9.17, 15) is 24.9 Å². The van der Waals surface area contributed by atoms with Gasteiger partial charge in [0.15, 0.2) is 0 Å². The van der Waals surface area contributed by atoms with Crippen molar-refractivity contribution in [3.8, 4) is 0 Å². The SMILES string of the molecule is COC(=O)[C@]1(C)CC[C@H](O)[C@@]2(C)[C@@H]3CC[C@@H]4C[C@]3(C(=O)[C@@H]4CO)[C@@H](O)C[C@@H]21. The Bertz CT molecular complexity index is 663. The minimum absolute atomic E-state index is 0.0257. The number of esters is 1. The molecule has 4 rings (SSSR count). The third-order valence-corrected chi connectivity index (χ3v) is 9.24. The molecule has 152 valence electrons. The monoisotopic (exact) mass is 380 g/mol. The molecule has 3 N–H and O–H groups in total. The number of aliphatic hydroxyl groups excluding tert-OH is 3. The second kappa shape index (κ2) is 6.01. The molecular weight excluding hydrogens is 348 g/mol. The standard InChI is InChI=1S/C21H32O6/c1-19(18(26)27-3)7-6-15(23)20(2)13-5-4-11-9-21(13,16(24)8-14(19)20)17(25)12(11)10-22/h11-16,22-24H,4-10H2,1-3H3/t11-,12-,13+,14-,15+,16+,19-,20+,21-/m1/s1. The molecule has 6 heteroatoms. The predicted octanol–water partition coefficient (Wildman–Crippen LogP) is 1.30. The number of Topliss-reactive ketones (excluding diaryl/α,β-unsaturated/α-hetero) is 1. The van der Waals surface area contributed by atoms with Gasteiger partial charge in [-0.3, -0.25) is 9.59 Å². The minimum Gasteiger partial charge on any atom is -0.469 e. The number of hydrogen-bond acceptors (Lipinski definition) is 6. The Hall–Kier alpha value is -0.980. The van der Waals surface area contributed by atoms with Crippen LogP contribution in [-0.2, 0) is 14.3 Å². The van der Waals surface area contributed by atoms with Gasteiger partial charge in [0, 0.05) is 11.3 Å². The van der Waals surface area contributed by atoms with Crippen molar-refractivity contribution in [3.05, 3.63) is 0 Å². The van der Waals surface area contributed by atoms with Gasteiger partial charge in [0.2, 0.25) is 0 Å². The van der Waals surface area contributed by atoms with Crippen molar-refractivity contribution in [1.82, 2.24) is 0 Å². The van der Waals surface area contributed by atoms with Crippen LogP contribution in [0.4, 0.5) is 0 Å². The second-order valence-electron chi connectivity index (χ2n) is 9.92. The number of ether oxygens (including phenoxy) is 1. The third-order valence-electron chi connectivity index (χ3n) is 9.24. The zero-order valence-corrected chi connectivity index (χ0v) is 16.5. The molecule has 0 aromatic carbocycles. The Morgan fingerprint density at radius 2 is 1.85 bits per heavy atom. The number of carbonyl (C=O) groups is 2. The van der Waals surface area contributed by atoms with Crippen LogP contribution in [0.3, 0.4) is 0 Å². The molecule has 0 saturated heterocycles. The van der Waals surface area contributed by atoms with E-state index in [1.807, 2.05) is 13.8 Å². The summed E-state index contributed by atoms with van der Waals surface area (Å²) >= 11 is 0. The fourth-order valence-electron chi connectivity index (χ4n) is 7.86. The largest absolute Gasteiger partial charge is 0.469 e. The molecule has 0 aliphatic heterocycles. The average molecular weight is 380 g/mol. The van der Waals surface area contributed by atoms with E-state index in [1.165, 1.54) is 7.11 Å². The lowest BCUT2D eigenvalue weighted by Crippen LogP contribution is -2.68. The molecule has 2 bridgehead atoms. The van der Waals surface area contributed by atoms with Gasteiger partial charge in [-0.1, -0.05) is 6.92 Å². The Balaban J connectivity index is 1.83. The van der Waals surface area contributed by atoms with Crippen LogP contribution in [0.15, 0.2) is 0 Å². The fourth-order valence-corrected chi connectivity index (χ4v) is 7.86. The summed E-state index contributed by atoms with van der Waals surface area (Å²) in [5.74, 6) is -1.04. The molecule has 9 atom stereocenters. The van der Waals surface area contributed by atoms with E-state index in [-0.39, 0.29) is 36.1 Å². The van der Waals surface area contributed by atoms with E-state index in [0.717, 1.165) is 12.8 Å². The molecule has 0 radical (unpaired) electrons. The molecular formula is C21H32O6. The molecule has 4 aliphatic carbocycles. The maximum atomic E-state index is 13.4. The van der Waals surface area contributed by atoms with Crippen molar-refractivity contribution in [2.24, 2.45) is 39.9 Å². The van der Waals surface area contributed by atoms with Crippen molar-refractivity contribution >= 4 is 11.8 Å². The Kier molecular flexibility index (Phi) is 4.30. The topological polar surface area (TPSA) is 104 Å². The van der Waals surface area contributed by atoms with Crippen LogP contribution in [-0.4, -0.2) is 53.0 Å². The van der Waals surface area contributed by atoms with E-state index in [4.69, 9.17) is 4.74 Å². The zero-order chi connectivity index (χ0) is 19.8. The van der Waals surface area contributed by atoms with Crippen LogP contribution in [0.5, 0.6) is 0 Å². The Morgan fingerprint density at radius 1 is 1.15 bits per heavy atom. The highest BCUT2D eigenvalue weighted by molar-refractivity contribution is 5.91. The molecule has 4 fully saturated rings. The van der Waals surface area contributed by atoms with Crippen molar-refractivity contribution in [1.29, 1.82) is 0 Å². The highest BCUT2D eigenvalue weighted by atomic mass is 16.5. The molecule has 0 aromatic rings. The van der Waals surface area contributed by atoms with Crippen LogP contribution in [0, 0.1) is 39.9 Å². The first kappa shape index (κ1) is 19.3. The van der Waals surface area contributed by atoms with Crippen LogP contribution in [0.2, 0.25) is 0 Å². The van der Waals surface area contributed by atoms with Crippen LogP contribution in [0.25, 0.3) is 0 Å². The molecule has 1 spiro atoms. The maximum absolute atomic E-state index is 13.4. The molecule has 4 aliphatic rings. The normalized spacial score (nSPS) is 54.2. The van der Waals surface area contributed by atoms with Gasteiger partial charge in [-0.05, 0) is 63.2 Å². The Labute approximate surface area is 160 Å². The number of carbonyl (C=O) groups excluding carboxylic acids is 2. The van der Waals surface area contributed by atoms with Gasteiger partial charge in [-0.15, -0.1) is 0 Å². The van der Waals surface area contributed by atoms with Gasteiger partial charge in [-0.25, -0.2) is 0 Å².